The molecule has 0 spiro atoms. The highest BCUT2D eigenvalue weighted by Gasteiger charge is 2.52. The fourth-order valence-electron chi connectivity index (χ4n) is 4.95. The first-order chi connectivity index (χ1) is 12.1. The van der Waals surface area contributed by atoms with Crippen LogP contribution in [0.15, 0.2) is 24.3 Å². The van der Waals surface area contributed by atoms with Crippen molar-refractivity contribution < 1.29 is 14.6 Å². The molecule has 5 nitrogen and oxygen atoms in total. The number of benzene rings is 1. The van der Waals surface area contributed by atoms with Gasteiger partial charge in [-0.1, -0.05) is 24.3 Å². The molecule has 3 unspecified atom stereocenters. The Morgan fingerprint density at radius 3 is 2.88 bits per heavy atom. The summed E-state index contributed by atoms with van der Waals surface area (Å²) < 4.78 is 5.85. The number of hydrogen-bond acceptors (Lipinski definition) is 4. The Kier molecular flexibility index (Phi) is 4.56. The van der Waals surface area contributed by atoms with Crippen molar-refractivity contribution in [3.8, 4) is 0 Å². The van der Waals surface area contributed by atoms with E-state index in [9.17, 15) is 9.90 Å². The molecule has 2 heterocycles. The van der Waals surface area contributed by atoms with Gasteiger partial charge < -0.3 is 14.7 Å². The van der Waals surface area contributed by atoms with Gasteiger partial charge in [0.1, 0.15) is 0 Å². The van der Waals surface area contributed by atoms with E-state index < -0.39 is 0 Å². The quantitative estimate of drug-likeness (QED) is 0.904. The van der Waals surface area contributed by atoms with Crippen molar-refractivity contribution in [3.63, 3.8) is 0 Å². The van der Waals surface area contributed by atoms with Crippen LogP contribution < -0.4 is 0 Å². The molecule has 3 atom stereocenters. The number of ether oxygens (including phenoxy) is 1. The molecule has 1 saturated carbocycles. The summed E-state index contributed by atoms with van der Waals surface area (Å²) in [6.45, 7) is 2.98. The smallest absolute Gasteiger partial charge is 0.237 e. The molecule has 1 aromatic carbocycles. The molecule has 0 bridgehead atoms. The van der Waals surface area contributed by atoms with Gasteiger partial charge in [-0.05, 0) is 43.2 Å². The Morgan fingerprint density at radius 1 is 1.28 bits per heavy atom. The van der Waals surface area contributed by atoms with Crippen molar-refractivity contribution in [2.24, 2.45) is 0 Å². The molecule has 0 aromatic heterocycles. The average molecular weight is 344 g/mol. The number of carbonyl (C=O) groups is 1. The van der Waals surface area contributed by atoms with Gasteiger partial charge in [-0.25, -0.2) is 0 Å². The topological polar surface area (TPSA) is 53.0 Å². The normalized spacial score (nSPS) is 32.3. The number of fused-ring (bicyclic) bond motifs is 2. The highest BCUT2D eigenvalue weighted by atomic mass is 16.5. The molecule has 4 rings (SSSR count). The molecule has 2 fully saturated rings. The van der Waals surface area contributed by atoms with Crippen LogP contribution in [0.25, 0.3) is 0 Å². The largest absolute Gasteiger partial charge is 0.393 e. The van der Waals surface area contributed by atoms with E-state index in [1.807, 2.05) is 4.90 Å². The number of nitrogens with zero attached hydrogens (tertiary/aromatic N) is 2. The van der Waals surface area contributed by atoms with Gasteiger partial charge in [0.05, 0.1) is 24.3 Å². The van der Waals surface area contributed by atoms with Gasteiger partial charge in [-0.2, -0.15) is 0 Å². The number of aliphatic hydroxyl groups excluding tert-OH is 1. The van der Waals surface area contributed by atoms with Crippen LogP contribution in [0.3, 0.4) is 0 Å². The summed E-state index contributed by atoms with van der Waals surface area (Å²) in [4.78, 5) is 17.2. The van der Waals surface area contributed by atoms with Crippen molar-refractivity contribution in [2.45, 2.75) is 56.4 Å². The van der Waals surface area contributed by atoms with Gasteiger partial charge in [0, 0.05) is 26.7 Å². The van der Waals surface area contributed by atoms with Gasteiger partial charge >= 0.3 is 0 Å². The minimum Gasteiger partial charge on any atom is -0.393 e. The lowest BCUT2D eigenvalue weighted by Gasteiger charge is -2.42. The molecular weight excluding hydrogens is 316 g/mol. The maximum Gasteiger partial charge on any atom is 0.237 e. The standard InChI is InChI=1S/C20H28N2O3/c1-25-20-8-6-17(23)12-18(20)22(11-9-20)19(24)14-21-10-7-15-4-2-3-5-16(15)13-21/h2-5,17-18,23H,6-14H2,1H3. The van der Waals surface area contributed by atoms with Gasteiger partial charge in [0.2, 0.25) is 5.91 Å². The van der Waals surface area contributed by atoms with Crippen molar-refractivity contribution in [1.29, 1.82) is 0 Å². The zero-order chi connectivity index (χ0) is 17.4. The fraction of sp³-hybridized carbons (Fsp3) is 0.650. The Hall–Kier alpha value is -1.43. The molecule has 1 amide bonds. The van der Waals surface area contributed by atoms with E-state index in [2.05, 4.69) is 29.2 Å². The first-order valence-electron chi connectivity index (χ1n) is 9.43. The molecule has 25 heavy (non-hydrogen) atoms. The predicted octanol–water partition coefficient (Wildman–Crippen LogP) is 1.58. The van der Waals surface area contributed by atoms with Crippen LogP contribution in [0.2, 0.25) is 0 Å². The molecule has 136 valence electrons. The van der Waals surface area contributed by atoms with Crippen molar-refractivity contribution in [1.82, 2.24) is 9.80 Å². The fourth-order valence-corrected chi connectivity index (χ4v) is 4.95. The number of aliphatic hydroxyl groups is 1. The second-order valence-corrected chi connectivity index (χ2v) is 7.78. The van der Waals surface area contributed by atoms with Crippen LogP contribution >= 0.6 is 0 Å². The molecule has 0 radical (unpaired) electrons. The number of likely N-dealkylation sites (tertiary alicyclic amines) is 1. The lowest BCUT2D eigenvalue weighted by Crippen LogP contribution is -2.54. The number of methoxy groups -OCH3 is 1. The molecule has 3 aliphatic rings. The Morgan fingerprint density at radius 2 is 2.08 bits per heavy atom. The van der Waals surface area contributed by atoms with Crippen LogP contribution in [0.5, 0.6) is 0 Å². The summed E-state index contributed by atoms with van der Waals surface area (Å²) >= 11 is 0. The van der Waals surface area contributed by atoms with Gasteiger partial charge in [0.15, 0.2) is 0 Å². The van der Waals surface area contributed by atoms with E-state index in [1.165, 1.54) is 11.1 Å². The van der Waals surface area contributed by atoms with Crippen molar-refractivity contribution >= 4 is 5.91 Å². The molecule has 1 aliphatic carbocycles. The average Bonchev–Trinajstić information content (AvgIpc) is 3.01. The lowest BCUT2D eigenvalue weighted by atomic mass is 9.79. The number of amides is 1. The second-order valence-electron chi connectivity index (χ2n) is 7.78. The van der Waals surface area contributed by atoms with Gasteiger partial charge in [-0.3, -0.25) is 9.69 Å². The van der Waals surface area contributed by atoms with Crippen LogP contribution in [0.4, 0.5) is 0 Å². The van der Waals surface area contributed by atoms with E-state index >= 15 is 0 Å². The summed E-state index contributed by atoms with van der Waals surface area (Å²) in [6, 6.07) is 8.52. The molecular formula is C20H28N2O3. The third-order valence-corrected chi connectivity index (χ3v) is 6.45. The predicted molar refractivity (Wildman–Crippen MR) is 95.1 cm³/mol. The summed E-state index contributed by atoms with van der Waals surface area (Å²) in [5, 5.41) is 10.1. The number of hydrogen-bond donors (Lipinski definition) is 1. The Labute approximate surface area is 149 Å². The Bertz CT molecular complexity index is 650. The third-order valence-electron chi connectivity index (χ3n) is 6.45. The molecule has 5 heteroatoms. The first-order valence-corrected chi connectivity index (χ1v) is 9.43. The Balaban J connectivity index is 1.43. The zero-order valence-electron chi connectivity index (χ0n) is 15.0. The van der Waals surface area contributed by atoms with Gasteiger partial charge in [0.25, 0.3) is 0 Å². The molecule has 1 N–H and O–H groups in total. The summed E-state index contributed by atoms with van der Waals surface area (Å²) in [5.74, 6) is 0.178. The first kappa shape index (κ1) is 17.0. The van der Waals surface area contributed by atoms with E-state index in [1.54, 1.807) is 7.11 Å². The summed E-state index contributed by atoms with van der Waals surface area (Å²) in [7, 11) is 1.75. The van der Waals surface area contributed by atoms with Crippen LogP contribution in [0, 0.1) is 0 Å². The SMILES string of the molecule is COC12CCC(O)CC1N(C(=O)CN1CCc3ccccc3C1)CC2. The monoisotopic (exact) mass is 344 g/mol. The van der Waals surface area contributed by atoms with E-state index in [4.69, 9.17) is 4.74 Å². The lowest BCUT2D eigenvalue weighted by molar-refractivity contribution is -0.141. The van der Waals surface area contributed by atoms with Crippen LogP contribution in [-0.4, -0.2) is 65.3 Å². The van der Waals surface area contributed by atoms with E-state index in [0.717, 1.165) is 45.3 Å². The maximum atomic E-state index is 13.0. The third kappa shape index (κ3) is 3.09. The highest BCUT2D eigenvalue weighted by Crippen LogP contribution is 2.42. The zero-order valence-corrected chi connectivity index (χ0v) is 15.0. The minimum atomic E-state index is -0.316. The summed E-state index contributed by atoms with van der Waals surface area (Å²) in [5.41, 5.74) is 2.49. The van der Waals surface area contributed by atoms with Crippen LogP contribution in [-0.2, 0) is 22.5 Å². The molecule has 1 saturated heterocycles. The van der Waals surface area contributed by atoms with E-state index in [-0.39, 0.29) is 23.7 Å². The van der Waals surface area contributed by atoms with E-state index in [0.29, 0.717) is 13.0 Å². The van der Waals surface area contributed by atoms with Crippen molar-refractivity contribution in [3.05, 3.63) is 35.4 Å². The highest BCUT2D eigenvalue weighted by molar-refractivity contribution is 5.79. The number of rotatable bonds is 3. The van der Waals surface area contributed by atoms with Crippen molar-refractivity contribution in [2.75, 3.05) is 26.7 Å². The number of carbonyl (C=O) groups excluding carboxylic acids is 1. The van der Waals surface area contributed by atoms with Gasteiger partial charge in [-0.15, -0.1) is 0 Å². The minimum absolute atomic E-state index is 0.0193. The second kappa shape index (κ2) is 6.71. The molecule has 1 aromatic rings. The van der Waals surface area contributed by atoms with Crippen LogP contribution in [0.1, 0.15) is 36.8 Å². The summed E-state index contributed by atoms with van der Waals surface area (Å²) in [6.07, 6.45) is 3.83. The maximum absolute atomic E-state index is 13.0. The molecule has 2 aliphatic heterocycles.